The second-order valence-electron chi connectivity index (χ2n) is 5.43. The molecule has 1 aromatic carbocycles. The van der Waals surface area contributed by atoms with Crippen LogP contribution in [-0.2, 0) is 22.3 Å². The Morgan fingerprint density at radius 1 is 1.45 bits per heavy atom. The highest BCUT2D eigenvalue weighted by Crippen LogP contribution is 2.24. The molecular weight excluding hydrogens is 276 g/mol. The van der Waals surface area contributed by atoms with E-state index in [4.69, 9.17) is 5.73 Å². The molecule has 20 heavy (non-hydrogen) atoms. The zero-order valence-electron chi connectivity index (χ0n) is 11.7. The number of rotatable bonds is 5. The fraction of sp³-hybridized carbons (Fsp3) is 0.571. The fourth-order valence-corrected chi connectivity index (χ4v) is 4.13. The number of aliphatic hydroxyl groups is 1. The Bertz CT molecular complexity index is 557. The van der Waals surface area contributed by atoms with Gasteiger partial charge in [-0.3, -0.25) is 0 Å². The average molecular weight is 298 g/mol. The molecule has 1 aliphatic heterocycles. The lowest BCUT2D eigenvalue weighted by Crippen LogP contribution is -2.31. The number of sulfonamides is 1. The summed E-state index contributed by atoms with van der Waals surface area (Å²) in [7, 11) is -3.32. The van der Waals surface area contributed by atoms with Crippen molar-refractivity contribution in [2.24, 2.45) is 11.7 Å². The predicted octanol–water partition coefficient (Wildman–Crippen LogP) is 0.678. The Balaban J connectivity index is 2.08. The zero-order chi connectivity index (χ0) is 14.8. The van der Waals surface area contributed by atoms with Crippen molar-refractivity contribution >= 4 is 10.0 Å². The van der Waals surface area contributed by atoms with Gasteiger partial charge in [0.25, 0.3) is 0 Å². The van der Waals surface area contributed by atoms with Crippen LogP contribution < -0.4 is 5.73 Å². The first kappa shape index (κ1) is 15.4. The van der Waals surface area contributed by atoms with E-state index in [9.17, 15) is 13.5 Å². The van der Waals surface area contributed by atoms with Gasteiger partial charge in [0.05, 0.1) is 11.9 Å². The average Bonchev–Trinajstić information content (AvgIpc) is 2.89. The first-order valence-electron chi connectivity index (χ1n) is 6.86. The molecule has 0 spiro atoms. The summed E-state index contributed by atoms with van der Waals surface area (Å²) in [6, 6.07) is 7.35. The predicted molar refractivity (Wildman–Crippen MR) is 78.3 cm³/mol. The molecular formula is C14H22N2O3S. The monoisotopic (exact) mass is 298 g/mol. The lowest BCUT2D eigenvalue weighted by Gasteiger charge is -2.18. The zero-order valence-corrected chi connectivity index (χ0v) is 12.5. The van der Waals surface area contributed by atoms with E-state index < -0.39 is 16.1 Å². The van der Waals surface area contributed by atoms with Crippen LogP contribution in [-0.4, -0.2) is 37.0 Å². The van der Waals surface area contributed by atoms with Gasteiger partial charge in [-0.1, -0.05) is 24.3 Å². The smallest absolute Gasteiger partial charge is 0.218 e. The molecule has 1 heterocycles. The van der Waals surface area contributed by atoms with Crippen molar-refractivity contribution in [3.63, 3.8) is 0 Å². The van der Waals surface area contributed by atoms with Gasteiger partial charge in [-0.05, 0) is 30.4 Å². The second kappa shape index (κ2) is 6.22. The van der Waals surface area contributed by atoms with Gasteiger partial charge >= 0.3 is 0 Å². The minimum atomic E-state index is -3.32. The van der Waals surface area contributed by atoms with Crippen LogP contribution in [0.5, 0.6) is 0 Å². The number of hydrogen-bond acceptors (Lipinski definition) is 4. The van der Waals surface area contributed by atoms with Gasteiger partial charge in [-0.15, -0.1) is 0 Å². The summed E-state index contributed by atoms with van der Waals surface area (Å²) in [5.41, 5.74) is 7.26. The molecule has 0 radical (unpaired) electrons. The lowest BCUT2D eigenvalue weighted by molar-refractivity contribution is 0.133. The van der Waals surface area contributed by atoms with Gasteiger partial charge in [0.2, 0.25) is 10.0 Å². The van der Waals surface area contributed by atoms with E-state index in [2.05, 4.69) is 0 Å². The van der Waals surface area contributed by atoms with E-state index in [0.29, 0.717) is 19.6 Å². The number of benzene rings is 1. The van der Waals surface area contributed by atoms with Gasteiger partial charge < -0.3 is 10.8 Å². The molecule has 1 fully saturated rings. The van der Waals surface area contributed by atoms with Crippen molar-refractivity contribution in [2.75, 3.05) is 13.1 Å². The Labute approximate surface area is 120 Å². The Hall–Kier alpha value is -0.950. The fourth-order valence-electron chi connectivity index (χ4n) is 2.55. The number of hydrogen-bond donors (Lipinski definition) is 2. The van der Waals surface area contributed by atoms with E-state index in [1.165, 1.54) is 4.31 Å². The first-order chi connectivity index (χ1) is 9.42. The number of aliphatic hydroxyl groups excluding tert-OH is 1. The molecule has 3 N–H and O–H groups in total. The number of nitrogens with zero attached hydrogens (tertiary/aromatic N) is 1. The molecule has 0 amide bonds. The van der Waals surface area contributed by atoms with Gasteiger partial charge in [0, 0.05) is 19.6 Å². The topological polar surface area (TPSA) is 83.6 Å². The quantitative estimate of drug-likeness (QED) is 0.837. The van der Waals surface area contributed by atoms with Crippen LogP contribution in [0.2, 0.25) is 0 Å². The van der Waals surface area contributed by atoms with Crippen LogP contribution in [0, 0.1) is 5.92 Å². The normalized spacial score (nSPS) is 22.1. The maximum atomic E-state index is 12.4. The minimum Gasteiger partial charge on any atom is -0.393 e. The summed E-state index contributed by atoms with van der Waals surface area (Å²) < 4.78 is 26.3. The van der Waals surface area contributed by atoms with E-state index in [1.54, 1.807) is 13.0 Å². The first-order valence-corrected chi connectivity index (χ1v) is 8.47. The van der Waals surface area contributed by atoms with Crippen molar-refractivity contribution < 1.29 is 13.5 Å². The van der Waals surface area contributed by atoms with E-state index in [-0.39, 0.29) is 11.7 Å². The van der Waals surface area contributed by atoms with Gasteiger partial charge in [0.15, 0.2) is 0 Å². The SMILES string of the molecule is CC(O)C1CCN(S(=O)(=O)Cc2cccc(CN)c2)C1. The van der Waals surface area contributed by atoms with Crippen LogP contribution in [0.3, 0.4) is 0 Å². The van der Waals surface area contributed by atoms with E-state index in [1.807, 2.05) is 18.2 Å². The highest BCUT2D eigenvalue weighted by molar-refractivity contribution is 7.88. The molecule has 0 aromatic heterocycles. The Morgan fingerprint density at radius 3 is 2.75 bits per heavy atom. The van der Waals surface area contributed by atoms with E-state index in [0.717, 1.165) is 17.5 Å². The second-order valence-corrected chi connectivity index (χ2v) is 7.40. The van der Waals surface area contributed by atoms with Gasteiger partial charge in [0.1, 0.15) is 0 Å². The van der Waals surface area contributed by atoms with Crippen molar-refractivity contribution in [1.82, 2.24) is 4.31 Å². The molecule has 2 rings (SSSR count). The summed E-state index contributed by atoms with van der Waals surface area (Å²) in [4.78, 5) is 0. The summed E-state index contributed by atoms with van der Waals surface area (Å²) in [6.07, 6.45) is 0.260. The highest BCUT2D eigenvalue weighted by Gasteiger charge is 2.33. The van der Waals surface area contributed by atoms with Crippen molar-refractivity contribution in [3.05, 3.63) is 35.4 Å². The third kappa shape index (κ3) is 3.58. The minimum absolute atomic E-state index is 0.00658. The molecule has 112 valence electrons. The molecule has 1 aliphatic rings. The molecule has 2 unspecified atom stereocenters. The largest absolute Gasteiger partial charge is 0.393 e. The van der Waals surface area contributed by atoms with Crippen molar-refractivity contribution in [3.8, 4) is 0 Å². The summed E-state index contributed by atoms with van der Waals surface area (Å²) in [5, 5.41) is 9.56. The van der Waals surface area contributed by atoms with Crippen LogP contribution in [0.25, 0.3) is 0 Å². The molecule has 5 nitrogen and oxygen atoms in total. The standard InChI is InChI=1S/C14H22N2O3S/c1-11(17)14-5-6-16(9-14)20(18,19)10-13-4-2-3-12(7-13)8-15/h2-4,7,11,14,17H,5-6,8-10,15H2,1H3. The third-order valence-electron chi connectivity index (χ3n) is 3.84. The van der Waals surface area contributed by atoms with Gasteiger partial charge in [-0.2, -0.15) is 0 Å². The third-order valence-corrected chi connectivity index (χ3v) is 5.66. The summed E-state index contributed by atoms with van der Waals surface area (Å²) in [6.45, 7) is 3.03. The van der Waals surface area contributed by atoms with Crippen molar-refractivity contribution in [1.29, 1.82) is 0 Å². The van der Waals surface area contributed by atoms with E-state index >= 15 is 0 Å². The molecule has 0 bridgehead atoms. The molecule has 1 aromatic rings. The van der Waals surface area contributed by atoms with Crippen LogP contribution in [0.15, 0.2) is 24.3 Å². The Kier molecular flexibility index (Phi) is 4.80. The molecule has 0 aliphatic carbocycles. The lowest BCUT2D eigenvalue weighted by atomic mass is 10.0. The van der Waals surface area contributed by atoms with Crippen LogP contribution >= 0.6 is 0 Å². The van der Waals surface area contributed by atoms with Crippen LogP contribution in [0.4, 0.5) is 0 Å². The van der Waals surface area contributed by atoms with Crippen LogP contribution in [0.1, 0.15) is 24.5 Å². The summed E-state index contributed by atoms with van der Waals surface area (Å²) >= 11 is 0. The number of nitrogens with two attached hydrogens (primary N) is 1. The maximum absolute atomic E-state index is 12.4. The molecule has 0 saturated carbocycles. The highest BCUT2D eigenvalue weighted by atomic mass is 32.2. The van der Waals surface area contributed by atoms with Crippen molar-refractivity contribution in [2.45, 2.75) is 31.7 Å². The summed E-state index contributed by atoms with van der Waals surface area (Å²) in [5.74, 6) is 0.0352. The molecule has 6 heteroatoms. The maximum Gasteiger partial charge on any atom is 0.218 e. The molecule has 2 atom stereocenters. The Morgan fingerprint density at radius 2 is 2.15 bits per heavy atom. The van der Waals surface area contributed by atoms with Gasteiger partial charge in [-0.25, -0.2) is 12.7 Å². The molecule has 1 saturated heterocycles.